The van der Waals surface area contributed by atoms with Gasteiger partial charge in [-0.1, -0.05) is 12.1 Å². The Hall–Kier alpha value is -1.30. The van der Waals surface area contributed by atoms with Crippen molar-refractivity contribution in [3.8, 4) is 11.5 Å². The van der Waals surface area contributed by atoms with E-state index in [9.17, 15) is 0 Å². The zero-order valence-corrected chi connectivity index (χ0v) is 9.80. The molecule has 3 N–H and O–H groups in total. The van der Waals surface area contributed by atoms with Gasteiger partial charge in [0.1, 0.15) is 6.61 Å². The van der Waals surface area contributed by atoms with Gasteiger partial charge in [-0.2, -0.15) is 0 Å². The fraction of sp³-hybridized carbons (Fsp3) is 0.500. The van der Waals surface area contributed by atoms with E-state index in [2.05, 4.69) is 0 Å². The average Bonchev–Trinajstić information content (AvgIpc) is 2.41. The number of ether oxygens (including phenoxy) is 2. The predicted molar refractivity (Wildman–Crippen MR) is 62.2 cm³/mol. The van der Waals surface area contributed by atoms with Gasteiger partial charge >= 0.3 is 0 Å². The first-order valence-electron chi connectivity index (χ1n) is 5.30. The molecule has 0 aliphatic carbocycles. The third-order valence-corrected chi connectivity index (χ3v) is 2.61. The van der Waals surface area contributed by atoms with Crippen LogP contribution in [-0.2, 0) is 0 Å². The van der Waals surface area contributed by atoms with Crippen molar-refractivity contribution in [3.63, 3.8) is 0 Å². The lowest BCUT2D eigenvalue weighted by Crippen LogP contribution is -2.39. The third-order valence-electron chi connectivity index (χ3n) is 2.61. The predicted octanol–water partition coefficient (Wildman–Crippen LogP) is 0.0373. The van der Waals surface area contributed by atoms with Crippen LogP contribution in [0.4, 0.5) is 0 Å². The molecule has 0 heterocycles. The van der Waals surface area contributed by atoms with Crippen LogP contribution in [-0.4, -0.2) is 48.9 Å². The first-order chi connectivity index (χ1) is 8.21. The fourth-order valence-corrected chi connectivity index (χ4v) is 1.26. The highest BCUT2D eigenvalue weighted by Gasteiger charge is 2.29. The third kappa shape index (κ3) is 3.33. The molecule has 0 aromatic heterocycles. The number of para-hydroxylation sites is 2. The molecular weight excluding hydrogens is 224 g/mol. The van der Waals surface area contributed by atoms with Crippen LogP contribution in [0.2, 0.25) is 0 Å². The normalized spacial score (nSPS) is 11.3. The van der Waals surface area contributed by atoms with Crippen LogP contribution in [0.1, 0.15) is 0 Å². The van der Waals surface area contributed by atoms with E-state index >= 15 is 0 Å². The second-order valence-electron chi connectivity index (χ2n) is 3.91. The van der Waals surface area contributed by atoms with E-state index in [0.29, 0.717) is 11.5 Å². The van der Waals surface area contributed by atoms with E-state index in [1.165, 1.54) is 7.11 Å². The lowest BCUT2D eigenvalue weighted by Gasteiger charge is -2.27. The zero-order valence-electron chi connectivity index (χ0n) is 9.80. The number of hydrogen-bond acceptors (Lipinski definition) is 5. The summed E-state index contributed by atoms with van der Waals surface area (Å²) in [5, 5.41) is 27.4. The summed E-state index contributed by atoms with van der Waals surface area (Å²) in [6.45, 7) is -1.05. The number of aliphatic hydroxyl groups excluding tert-OH is 3. The minimum atomic E-state index is -1.04. The van der Waals surface area contributed by atoms with Crippen LogP contribution in [0.5, 0.6) is 11.5 Å². The van der Waals surface area contributed by atoms with Gasteiger partial charge in [0, 0.05) is 0 Å². The Morgan fingerprint density at radius 2 is 1.53 bits per heavy atom. The summed E-state index contributed by atoms with van der Waals surface area (Å²) in [6, 6.07) is 7.06. The molecule has 0 radical (unpaired) electrons. The number of aliphatic hydroxyl groups is 3. The smallest absolute Gasteiger partial charge is 0.161 e. The van der Waals surface area contributed by atoms with Crippen molar-refractivity contribution >= 4 is 0 Å². The maximum absolute atomic E-state index is 9.15. The Kier molecular flexibility index (Phi) is 5.21. The van der Waals surface area contributed by atoms with Gasteiger partial charge in [0.25, 0.3) is 0 Å². The second-order valence-corrected chi connectivity index (χ2v) is 3.91. The fourth-order valence-electron chi connectivity index (χ4n) is 1.26. The molecule has 0 aliphatic rings. The van der Waals surface area contributed by atoms with E-state index in [1.54, 1.807) is 18.2 Å². The van der Waals surface area contributed by atoms with Gasteiger partial charge in [-0.15, -0.1) is 0 Å². The van der Waals surface area contributed by atoms with Crippen molar-refractivity contribution in [1.29, 1.82) is 0 Å². The van der Waals surface area contributed by atoms with E-state index in [0.717, 1.165) is 0 Å². The number of rotatable bonds is 7. The SMILES string of the molecule is COc1ccccc1OCC(CO)(CO)CO. The highest BCUT2D eigenvalue weighted by Crippen LogP contribution is 2.27. The average molecular weight is 242 g/mol. The van der Waals surface area contributed by atoms with Gasteiger partial charge in [-0.05, 0) is 12.1 Å². The van der Waals surface area contributed by atoms with Crippen molar-refractivity contribution in [1.82, 2.24) is 0 Å². The first-order valence-corrected chi connectivity index (χ1v) is 5.30. The Labute approximate surface area is 100 Å². The summed E-state index contributed by atoms with van der Waals surface area (Å²) in [7, 11) is 1.53. The standard InChI is InChI=1S/C12H18O5/c1-16-10-4-2-3-5-11(10)17-9-12(6-13,7-14)8-15/h2-5,13-15H,6-9H2,1H3. The molecule has 0 fully saturated rings. The van der Waals surface area contributed by atoms with Gasteiger partial charge in [-0.3, -0.25) is 0 Å². The Morgan fingerprint density at radius 3 is 2.00 bits per heavy atom. The molecule has 96 valence electrons. The highest BCUT2D eigenvalue weighted by molar-refractivity contribution is 5.39. The maximum Gasteiger partial charge on any atom is 0.161 e. The molecule has 1 rings (SSSR count). The molecule has 0 amide bonds. The minimum absolute atomic E-state index is 0.0108. The van der Waals surface area contributed by atoms with Crippen molar-refractivity contribution in [2.24, 2.45) is 5.41 Å². The van der Waals surface area contributed by atoms with Crippen molar-refractivity contribution < 1.29 is 24.8 Å². The molecule has 0 bridgehead atoms. The number of benzene rings is 1. The van der Waals surface area contributed by atoms with Gasteiger partial charge in [0.15, 0.2) is 11.5 Å². The van der Waals surface area contributed by atoms with Gasteiger partial charge in [-0.25, -0.2) is 0 Å². The molecule has 5 heteroatoms. The van der Waals surface area contributed by atoms with E-state index in [1.807, 2.05) is 6.07 Å². The van der Waals surface area contributed by atoms with Crippen LogP contribution in [0.3, 0.4) is 0 Å². The second kappa shape index (κ2) is 6.44. The zero-order chi connectivity index (χ0) is 12.7. The summed E-state index contributed by atoms with van der Waals surface area (Å²) in [4.78, 5) is 0. The van der Waals surface area contributed by atoms with Crippen LogP contribution >= 0.6 is 0 Å². The van der Waals surface area contributed by atoms with E-state index < -0.39 is 5.41 Å². The molecule has 1 aromatic carbocycles. The van der Waals surface area contributed by atoms with E-state index in [-0.39, 0.29) is 26.4 Å². The Bertz CT molecular complexity index is 327. The van der Waals surface area contributed by atoms with Gasteiger partial charge in [0.05, 0.1) is 32.3 Å². The topological polar surface area (TPSA) is 79.2 Å². The molecule has 1 aromatic rings. The molecule has 0 unspecified atom stereocenters. The molecular formula is C12H18O5. The highest BCUT2D eigenvalue weighted by atomic mass is 16.5. The molecule has 0 saturated heterocycles. The van der Waals surface area contributed by atoms with Crippen molar-refractivity contribution in [2.75, 3.05) is 33.5 Å². The Morgan fingerprint density at radius 1 is 1.00 bits per heavy atom. The van der Waals surface area contributed by atoms with E-state index in [4.69, 9.17) is 24.8 Å². The largest absolute Gasteiger partial charge is 0.493 e. The molecule has 5 nitrogen and oxygen atoms in total. The van der Waals surface area contributed by atoms with Crippen molar-refractivity contribution in [3.05, 3.63) is 24.3 Å². The molecule has 0 atom stereocenters. The lowest BCUT2D eigenvalue weighted by atomic mass is 9.93. The van der Waals surface area contributed by atoms with Crippen molar-refractivity contribution in [2.45, 2.75) is 0 Å². The first kappa shape index (κ1) is 13.8. The molecule has 0 saturated carbocycles. The minimum Gasteiger partial charge on any atom is -0.493 e. The lowest BCUT2D eigenvalue weighted by molar-refractivity contribution is -0.0263. The summed E-state index contributed by atoms with van der Waals surface area (Å²) in [5.41, 5.74) is -1.04. The Balaban J connectivity index is 2.71. The number of methoxy groups -OCH3 is 1. The summed E-state index contributed by atoms with van der Waals surface area (Å²) < 4.78 is 10.6. The molecule has 0 spiro atoms. The van der Waals surface area contributed by atoms with Crippen LogP contribution in [0.25, 0.3) is 0 Å². The summed E-state index contributed by atoms with van der Waals surface area (Å²) in [5.74, 6) is 1.07. The van der Waals surface area contributed by atoms with Crippen LogP contribution in [0.15, 0.2) is 24.3 Å². The summed E-state index contributed by atoms with van der Waals surface area (Å²) in [6.07, 6.45) is 0. The number of hydrogen-bond donors (Lipinski definition) is 3. The quantitative estimate of drug-likeness (QED) is 0.629. The molecule has 17 heavy (non-hydrogen) atoms. The van der Waals surface area contributed by atoms with Gasteiger partial charge < -0.3 is 24.8 Å². The van der Waals surface area contributed by atoms with Gasteiger partial charge in [0.2, 0.25) is 0 Å². The van der Waals surface area contributed by atoms with Crippen LogP contribution < -0.4 is 9.47 Å². The summed E-state index contributed by atoms with van der Waals surface area (Å²) >= 11 is 0. The molecule has 0 aliphatic heterocycles. The van der Waals surface area contributed by atoms with Crippen LogP contribution in [0, 0.1) is 5.41 Å². The monoisotopic (exact) mass is 242 g/mol. The maximum atomic E-state index is 9.15.